The van der Waals surface area contributed by atoms with E-state index in [0.29, 0.717) is 6.07 Å². The van der Waals surface area contributed by atoms with Crippen molar-refractivity contribution in [2.45, 2.75) is 24.4 Å². The zero-order valence-electron chi connectivity index (χ0n) is 15.5. The third-order valence-corrected chi connectivity index (χ3v) is 4.95. The summed E-state index contributed by atoms with van der Waals surface area (Å²) in [4.78, 5) is 22.8. The molecule has 29 heavy (non-hydrogen) atoms. The molecule has 11 heteroatoms. The highest BCUT2D eigenvalue weighted by atomic mass is 32.2. The Bertz CT molecular complexity index is 1020. The number of carbonyl (C=O) groups excluding carboxylic acids is 1. The van der Waals surface area contributed by atoms with Crippen molar-refractivity contribution < 1.29 is 31.9 Å². The molecule has 0 radical (unpaired) electrons. The largest absolute Gasteiger partial charge is 0.465 e. The zero-order valence-corrected chi connectivity index (χ0v) is 16.3. The first-order valence-corrected chi connectivity index (χ1v) is 10.2. The molecule has 0 saturated heterocycles. The van der Waals surface area contributed by atoms with Crippen molar-refractivity contribution in [1.82, 2.24) is 5.32 Å². The smallest absolute Gasteiger partial charge is 0.405 e. The molecule has 1 unspecified atom stereocenters. The number of sulfone groups is 1. The number of benzene rings is 2. The van der Waals surface area contributed by atoms with E-state index in [-0.39, 0.29) is 28.4 Å². The van der Waals surface area contributed by atoms with Gasteiger partial charge in [-0.15, -0.1) is 0 Å². The van der Waals surface area contributed by atoms with Crippen LogP contribution < -0.4 is 16.0 Å². The Labute approximate surface area is 165 Å². The average molecular weight is 427 g/mol. The van der Waals surface area contributed by atoms with Gasteiger partial charge in [-0.05, 0) is 36.8 Å². The third-order valence-electron chi connectivity index (χ3n) is 3.81. The summed E-state index contributed by atoms with van der Waals surface area (Å²) in [5.41, 5.74) is 0.286. The summed E-state index contributed by atoms with van der Waals surface area (Å²) >= 11 is 0. The van der Waals surface area contributed by atoms with E-state index < -0.39 is 39.5 Å². The first kappa shape index (κ1) is 22.1. The minimum absolute atomic E-state index is 0.00976. The van der Waals surface area contributed by atoms with Gasteiger partial charge in [0.25, 0.3) is 0 Å². The molecule has 2 aromatic rings. The molecular formula is C18H19F2N3O5S. The van der Waals surface area contributed by atoms with Gasteiger partial charge < -0.3 is 21.1 Å². The Balaban J connectivity index is 2.36. The molecule has 0 aromatic heterocycles. The molecule has 0 aliphatic carbocycles. The monoisotopic (exact) mass is 427 g/mol. The summed E-state index contributed by atoms with van der Waals surface area (Å²) in [5, 5.41) is 15.9. The van der Waals surface area contributed by atoms with Crippen LogP contribution in [0.2, 0.25) is 0 Å². The molecule has 1 atom stereocenters. The lowest BCUT2D eigenvalue weighted by molar-refractivity contribution is -0.117. The van der Waals surface area contributed by atoms with Crippen LogP contribution >= 0.6 is 0 Å². The number of amides is 2. The maximum absolute atomic E-state index is 13.4. The molecule has 0 saturated carbocycles. The molecule has 2 amide bonds. The number of anilines is 2. The van der Waals surface area contributed by atoms with Crippen LogP contribution in [0.15, 0.2) is 41.3 Å². The standard InChI is InChI=1S/C18H19F2N3O5S/c1-10(22-18(25)26)17(24)23-14-4-3-5-15(29(2,27)28)16(14)21-9-11-6-12(19)8-13(20)7-11/h3-8,10,21-22H,9H2,1-2H3,(H,23,24)(H,25,26). The highest BCUT2D eigenvalue weighted by Gasteiger charge is 2.21. The Kier molecular flexibility index (Phi) is 6.75. The number of para-hydroxylation sites is 1. The fourth-order valence-electron chi connectivity index (χ4n) is 2.52. The van der Waals surface area contributed by atoms with Crippen LogP contribution in [0.3, 0.4) is 0 Å². The number of nitrogens with one attached hydrogen (secondary N) is 3. The second-order valence-electron chi connectivity index (χ2n) is 6.24. The van der Waals surface area contributed by atoms with Crippen molar-refractivity contribution in [2.24, 2.45) is 0 Å². The van der Waals surface area contributed by atoms with Gasteiger partial charge in [-0.25, -0.2) is 22.0 Å². The van der Waals surface area contributed by atoms with Gasteiger partial charge in [0.1, 0.15) is 17.7 Å². The molecule has 2 rings (SSSR count). The topological polar surface area (TPSA) is 125 Å². The van der Waals surface area contributed by atoms with E-state index in [0.717, 1.165) is 18.4 Å². The number of hydrogen-bond acceptors (Lipinski definition) is 5. The Morgan fingerprint density at radius 3 is 2.31 bits per heavy atom. The first-order valence-electron chi connectivity index (χ1n) is 8.29. The summed E-state index contributed by atoms with van der Waals surface area (Å²) in [5.74, 6) is -2.31. The van der Waals surface area contributed by atoms with Gasteiger partial charge in [0.05, 0.1) is 16.3 Å². The molecular weight excluding hydrogens is 408 g/mol. The fourth-order valence-corrected chi connectivity index (χ4v) is 3.40. The normalized spacial score (nSPS) is 12.1. The average Bonchev–Trinajstić information content (AvgIpc) is 2.58. The van der Waals surface area contributed by atoms with Gasteiger partial charge in [-0.2, -0.15) is 0 Å². The lowest BCUT2D eigenvalue weighted by Gasteiger charge is -2.18. The second kappa shape index (κ2) is 8.86. The van der Waals surface area contributed by atoms with Crippen LogP contribution in [0.1, 0.15) is 12.5 Å². The Morgan fingerprint density at radius 2 is 1.76 bits per heavy atom. The van der Waals surface area contributed by atoms with Crippen molar-refractivity contribution in [3.05, 3.63) is 53.6 Å². The summed E-state index contributed by atoms with van der Waals surface area (Å²) < 4.78 is 51.0. The van der Waals surface area contributed by atoms with E-state index >= 15 is 0 Å². The summed E-state index contributed by atoms with van der Waals surface area (Å²) in [6.45, 7) is 1.18. The summed E-state index contributed by atoms with van der Waals surface area (Å²) in [6.07, 6.45) is -0.431. The van der Waals surface area contributed by atoms with Gasteiger partial charge in [-0.1, -0.05) is 6.07 Å². The van der Waals surface area contributed by atoms with E-state index in [2.05, 4.69) is 10.6 Å². The van der Waals surface area contributed by atoms with E-state index in [4.69, 9.17) is 5.11 Å². The molecule has 0 heterocycles. The van der Waals surface area contributed by atoms with Gasteiger partial charge in [-0.3, -0.25) is 4.79 Å². The molecule has 2 aromatic carbocycles. The number of rotatable bonds is 7. The van der Waals surface area contributed by atoms with Crippen LogP contribution in [0.5, 0.6) is 0 Å². The third kappa shape index (κ3) is 6.14. The molecule has 8 nitrogen and oxygen atoms in total. The predicted octanol–water partition coefficient (Wildman–Crippen LogP) is 2.58. The van der Waals surface area contributed by atoms with Crippen molar-refractivity contribution in [3.8, 4) is 0 Å². The summed E-state index contributed by atoms with van der Waals surface area (Å²) in [7, 11) is -3.72. The maximum Gasteiger partial charge on any atom is 0.405 e. The van der Waals surface area contributed by atoms with Gasteiger partial charge in [0.2, 0.25) is 5.91 Å². The predicted molar refractivity (Wildman–Crippen MR) is 102 cm³/mol. The number of halogens is 2. The van der Waals surface area contributed by atoms with Crippen LogP contribution in [0, 0.1) is 11.6 Å². The van der Waals surface area contributed by atoms with Crippen LogP contribution in [-0.4, -0.2) is 37.8 Å². The number of carboxylic acid groups (broad SMARTS) is 1. The Hall–Kier alpha value is -3.21. The van der Waals surface area contributed by atoms with E-state index in [1.165, 1.54) is 25.1 Å². The Morgan fingerprint density at radius 1 is 1.14 bits per heavy atom. The second-order valence-corrected chi connectivity index (χ2v) is 8.23. The van der Waals surface area contributed by atoms with Crippen molar-refractivity contribution in [3.63, 3.8) is 0 Å². The minimum atomic E-state index is -3.72. The molecule has 0 aliphatic heterocycles. The van der Waals surface area contributed by atoms with Crippen LogP contribution in [-0.2, 0) is 21.2 Å². The first-order chi connectivity index (χ1) is 13.5. The highest BCUT2D eigenvalue weighted by Crippen LogP contribution is 2.30. The maximum atomic E-state index is 13.4. The minimum Gasteiger partial charge on any atom is -0.465 e. The molecule has 0 fully saturated rings. The molecule has 156 valence electrons. The fraction of sp³-hybridized carbons (Fsp3) is 0.222. The van der Waals surface area contributed by atoms with Gasteiger partial charge in [0.15, 0.2) is 9.84 Å². The number of carbonyl (C=O) groups is 2. The van der Waals surface area contributed by atoms with Crippen molar-refractivity contribution in [1.29, 1.82) is 0 Å². The lowest BCUT2D eigenvalue weighted by atomic mass is 10.2. The van der Waals surface area contributed by atoms with E-state index in [1.54, 1.807) is 0 Å². The molecule has 4 N–H and O–H groups in total. The lowest BCUT2D eigenvalue weighted by Crippen LogP contribution is -2.40. The molecule has 0 aliphatic rings. The SMILES string of the molecule is CC(NC(=O)O)C(=O)Nc1cccc(S(C)(=O)=O)c1NCc1cc(F)cc(F)c1. The van der Waals surface area contributed by atoms with Crippen LogP contribution in [0.4, 0.5) is 25.0 Å². The molecule has 0 spiro atoms. The number of hydrogen-bond donors (Lipinski definition) is 4. The molecule has 0 bridgehead atoms. The highest BCUT2D eigenvalue weighted by molar-refractivity contribution is 7.90. The van der Waals surface area contributed by atoms with Crippen molar-refractivity contribution >= 4 is 33.2 Å². The quantitative estimate of drug-likeness (QED) is 0.538. The van der Waals surface area contributed by atoms with Crippen LogP contribution in [0.25, 0.3) is 0 Å². The van der Waals surface area contributed by atoms with E-state index in [1.807, 2.05) is 5.32 Å². The van der Waals surface area contributed by atoms with Crippen molar-refractivity contribution in [2.75, 3.05) is 16.9 Å². The van der Waals surface area contributed by atoms with Gasteiger partial charge >= 0.3 is 6.09 Å². The van der Waals surface area contributed by atoms with Gasteiger partial charge in [0, 0.05) is 18.9 Å². The van der Waals surface area contributed by atoms with E-state index in [9.17, 15) is 26.8 Å². The summed E-state index contributed by atoms with van der Waals surface area (Å²) in [6, 6.07) is 5.86. The zero-order chi connectivity index (χ0) is 21.8.